The normalized spacial score (nSPS) is 27.3. The monoisotopic (exact) mass is 1820 g/mol. The number of nitrogens with zero attached hydrogens (tertiary/aromatic N) is 20. The minimum absolute atomic E-state index is 0.0258. The number of carbonyl (C=O) groups is 5. The van der Waals surface area contributed by atoms with Crippen LogP contribution < -0.4 is 30.2 Å². The highest BCUT2D eigenvalue weighted by atomic mass is 16.3. The molecule has 2 aromatic heterocycles. The zero-order chi connectivity index (χ0) is 95.2. The lowest BCUT2D eigenvalue weighted by atomic mass is 9.66. The van der Waals surface area contributed by atoms with Crippen LogP contribution in [0.25, 0.3) is 0 Å². The molecule has 7 aliphatic carbocycles. The van der Waals surface area contributed by atoms with Crippen LogP contribution in [0.15, 0.2) is 201 Å². The lowest BCUT2D eigenvalue weighted by molar-refractivity contribution is -0.130. The average molecular weight is 1820 g/mol. The molecular formula is C107H128N22O6. The van der Waals surface area contributed by atoms with E-state index in [1.165, 1.54) is 22.3 Å². The molecule has 0 unspecified atom stereocenters. The van der Waals surface area contributed by atoms with E-state index in [4.69, 9.17) is 15.8 Å². The predicted octanol–water partition coefficient (Wildman–Crippen LogP) is 16.1. The van der Waals surface area contributed by atoms with Crippen molar-refractivity contribution in [2.75, 3.05) is 128 Å². The van der Waals surface area contributed by atoms with Crippen molar-refractivity contribution in [3.63, 3.8) is 0 Å². The molecule has 135 heavy (non-hydrogen) atoms. The number of hydrogen-bond acceptors (Lipinski definition) is 19. The molecule has 6 aromatic carbocycles. The third-order valence-corrected chi connectivity index (χ3v) is 33.3. The largest absolute Gasteiger partial charge is 0.388 e. The summed E-state index contributed by atoms with van der Waals surface area (Å²) >= 11 is 0. The van der Waals surface area contributed by atoms with E-state index < -0.39 is 16.4 Å². The first-order chi connectivity index (χ1) is 65.1. The number of amides is 9. The van der Waals surface area contributed by atoms with E-state index in [2.05, 4.69) is 196 Å². The third kappa shape index (κ3) is 18.2. The molecule has 9 amide bonds. The van der Waals surface area contributed by atoms with Gasteiger partial charge in [0.05, 0.1) is 131 Å². The van der Waals surface area contributed by atoms with Crippen molar-refractivity contribution < 1.29 is 29.1 Å². The fraction of sp³-hybridized carbons (Fsp3) is 0.495. The van der Waals surface area contributed by atoms with Crippen molar-refractivity contribution in [3.8, 4) is 30.3 Å². The van der Waals surface area contributed by atoms with Gasteiger partial charge in [0.15, 0.2) is 0 Å². The predicted molar refractivity (Wildman–Crippen MR) is 518 cm³/mol. The second-order valence-electron chi connectivity index (χ2n) is 40.4. The van der Waals surface area contributed by atoms with Gasteiger partial charge in [-0.25, -0.2) is 39.1 Å². The Bertz CT molecular complexity index is 5730. The van der Waals surface area contributed by atoms with E-state index >= 15 is 0 Å². The van der Waals surface area contributed by atoms with Crippen molar-refractivity contribution in [2.45, 2.75) is 217 Å². The van der Waals surface area contributed by atoms with Crippen molar-refractivity contribution >= 4 is 52.8 Å². The summed E-state index contributed by atoms with van der Waals surface area (Å²) in [7, 11) is 14.0. The van der Waals surface area contributed by atoms with Gasteiger partial charge in [0.25, 0.3) is 0 Å². The van der Waals surface area contributed by atoms with Crippen LogP contribution in [-0.4, -0.2) is 225 Å². The quantitative estimate of drug-likeness (QED) is 0.0601. The fourth-order valence-corrected chi connectivity index (χ4v) is 23.8. The molecule has 11 fully saturated rings. The number of carbonyl (C=O) groups excluding carboxylic acids is 5. The fourth-order valence-electron chi connectivity index (χ4n) is 23.8. The van der Waals surface area contributed by atoms with Crippen LogP contribution in [0.4, 0.5) is 41.9 Å². The summed E-state index contributed by atoms with van der Waals surface area (Å²) in [5, 5.41) is 65.4. The van der Waals surface area contributed by atoms with Gasteiger partial charge in [-0.3, -0.25) is 34.2 Å². The Morgan fingerprint density at radius 2 is 0.696 bits per heavy atom. The Morgan fingerprint density at radius 1 is 0.378 bits per heavy atom. The Hall–Kier alpha value is -12.7. The lowest BCUT2D eigenvalue weighted by Crippen LogP contribution is -2.59. The molecule has 11 aliphatic rings. The second kappa shape index (κ2) is 38.9. The third-order valence-electron chi connectivity index (χ3n) is 33.3. The van der Waals surface area contributed by atoms with Crippen molar-refractivity contribution in [1.82, 2.24) is 64.9 Å². The minimum atomic E-state index is -0.765. The number of nitriles is 5. The Morgan fingerprint density at radius 3 is 1.01 bits per heavy atom. The Balaban J connectivity index is 0.000000131. The van der Waals surface area contributed by atoms with E-state index in [-0.39, 0.29) is 92.5 Å². The number of hydrogen-bond donors (Lipinski definition) is 3. The van der Waals surface area contributed by atoms with Gasteiger partial charge in [-0.15, -0.1) is 0 Å². The second-order valence-corrected chi connectivity index (χ2v) is 40.4. The van der Waals surface area contributed by atoms with Gasteiger partial charge >= 0.3 is 24.1 Å². The summed E-state index contributed by atoms with van der Waals surface area (Å²) in [5.74, 6) is 0.123. The number of nitrogens with one attached hydrogen (secondary N) is 2. The number of aromatic nitrogens is 4. The number of aliphatic hydroxyl groups is 1. The van der Waals surface area contributed by atoms with Gasteiger partial charge in [0.2, 0.25) is 17.6 Å². The Labute approximate surface area is 795 Å². The number of likely N-dealkylation sites (N-methyl/N-ethyl adjacent to an activating group) is 1. The molecule has 0 atom stereocenters. The van der Waals surface area contributed by atoms with Crippen LogP contribution >= 0.6 is 0 Å². The van der Waals surface area contributed by atoms with Crippen LogP contribution in [0.3, 0.4) is 0 Å². The van der Waals surface area contributed by atoms with Gasteiger partial charge < -0.3 is 40.2 Å². The zero-order valence-corrected chi connectivity index (χ0v) is 79.5. The maximum Gasteiger partial charge on any atom is 0.325 e. The first-order valence-corrected chi connectivity index (χ1v) is 48.2. The Kier molecular flexibility index (Phi) is 27.5. The zero-order valence-electron chi connectivity index (χ0n) is 79.5. The molecule has 28 heteroatoms. The minimum Gasteiger partial charge on any atom is -0.388 e. The van der Waals surface area contributed by atoms with Crippen molar-refractivity contribution in [3.05, 3.63) is 240 Å². The maximum absolute atomic E-state index is 13.9. The number of para-hydroxylation sites is 1. The van der Waals surface area contributed by atoms with Gasteiger partial charge in [-0.2, -0.15) is 26.3 Å². The number of benzene rings is 6. The summed E-state index contributed by atoms with van der Waals surface area (Å²) in [4.78, 5) is 105. The summed E-state index contributed by atoms with van der Waals surface area (Å²) in [6.45, 7) is 6.91. The molecule has 4 spiro atoms. The highest BCUT2D eigenvalue weighted by Gasteiger charge is 2.62. The number of anilines is 4. The first-order valence-electron chi connectivity index (χ1n) is 48.2. The van der Waals surface area contributed by atoms with E-state index in [1.54, 1.807) is 65.7 Å². The SMILES string of the molecule is CCN(C)C1(c2ccccc2)CCC2(CC1)CN(c1cnc(C#N)nc1)C(=O)N2CC1(C#N)CCC1.CN(C)C1(c2ccccc2)CCC2(CC1)CN(c1ccc(C#N)cc1)C(=O)N2CC1(O)CCC1.CNC1(c2ccccc2)CCC2(CC1)CN(c1ccccc1)C(=O)N2CC(=O)N(C)C.CNC1(c2ccccc2)CCC2(CC1)CN(c1cnc(C#N)nc1)C(=O)N2CC1(C#N)CCC1. The van der Waals surface area contributed by atoms with Gasteiger partial charge in [0, 0.05) is 60.7 Å². The topological polar surface area (TPSA) is 336 Å². The summed E-state index contributed by atoms with van der Waals surface area (Å²) in [5.41, 5.74) is 5.33. The van der Waals surface area contributed by atoms with Crippen LogP contribution in [0.1, 0.15) is 207 Å². The van der Waals surface area contributed by atoms with Gasteiger partial charge in [-0.05, 0) is 248 Å². The van der Waals surface area contributed by atoms with E-state index in [9.17, 15) is 39.6 Å². The number of rotatable bonds is 21. The highest BCUT2D eigenvalue weighted by molar-refractivity contribution is 5.99. The molecule has 3 N–H and O–H groups in total. The molecule has 4 aliphatic heterocycles. The molecule has 0 radical (unpaired) electrons. The summed E-state index contributed by atoms with van der Waals surface area (Å²) in [6.07, 6.45) is 28.4. The first kappa shape index (κ1) is 95.4. The van der Waals surface area contributed by atoms with Crippen LogP contribution in [0.2, 0.25) is 0 Å². The summed E-state index contributed by atoms with van der Waals surface area (Å²) < 4.78 is 0. The van der Waals surface area contributed by atoms with Crippen LogP contribution in [-0.2, 0) is 27.0 Å². The maximum atomic E-state index is 13.9. The molecule has 8 aromatic rings. The van der Waals surface area contributed by atoms with Crippen LogP contribution in [0.5, 0.6) is 0 Å². The van der Waals surface area contributed by atoms with Gasteiger partial charge in [-0.1, -0.05) is 159 Å². The average Bonchev–Trinajstić information content (AvgIpc) is 1.57. The molecule has 7 saturated carbocycles. The molecule has 702 valence electrons. The van der Waals surface area contributed by atoms with Gasteiger partial charge in [0.1, 0.15) is 18.7 Å². The summed E-state index contributed by atoms with van der Waals surface area (Å²) in [6, 6.07) is 70.4. The number of urea groups is 4. The molecule has 0 bridgehead atoms. The van der Waals surface area contributed by atoms with E-state index in [0.29, 0.717) is 62.8 Å². The van der Waals surface area contributed by atoms with Crippen LogP contribution in [0, 0.1) is 67.5 Å². The van der Waals surface area contributed by atoms with E-state index in [0.717, 1.165) is 178 Å². The lowest BCUT2D eigenvalue weighted by Gasteiger charge is -2.53. The highest BCUT2D eigenvalue weighted by Crippen LogP contribution is 2.57. The van der Waals surface area contributed by atoms with Crippen molar-refractivity contribution in [2.24, 2.45) is 10.8 Å². The molecular weight excluding hydrogens is 1690 g/mol. The van der Waals surface area contributed by atoms with Crippen molar-refractivity contribution in [1.29, 1.82) is 26.3 Å². The molecule has 4 saturated heterocycles. The van der Waals surface area contributed by atoms with E-state index in [1.807, 2.05) is 110 Å². The smallest absolute Gasteiger partial charge is 0.325 e. The molecule has 6 heterocycles. The number of β-amino-alcohol motifs (C(OH)–C–C–N with tert-alkyl or cyclic N) is 1. The molecule has 19 rings (SSSR count). The standard InChI is InChI=1S/C28H33N7O.C28H34N4O2.C26H29N7O.C25H32N4O2/c1-3-33(2)28(22-8-5-4-6-9-22)14-12-27(13-15-28)21-34(23-17-31-24(16-29)32-18-23)25(36)35(27)20-26(19-30)10-7-11-26;1-30(2)28(23-7-4-3-5-8-23)17-15-26(16-18-28)20-31(24-11-9-22(19-29)10-12-24)25(33)32(26)21-27(34)13-6-14-27;1-29-26(20-6-3-2-4-7-20)12-10-25(11-13-26)19-32(21-15-30-22(14-27)31-16-21)23(34)33(25)18-24(17-28)8-5-9-24;1-26-25(20-10-6-4-7-11-20)16-14-24(15-17-25)19-28(21-12-8-5-9-13-21)23(31)29(24)18-22(30)27(2)3/h4-6,8-9,17-18H,3,7,10-15,20-21H2,1-2H3;3-5,7-12,34H,6,13-18,20-21H2,1-2H3;2-4,6-7,15-16,29H,5,8-13,18-19H2,1H3;4-13,26H,14-19H2,1-3H3. The molecule has 28 nitrogen and oxygen atoms in total.